The molecule has 0 aromatic heterocycles. The van der Waals surface area contributed by atoms with Crippen LogP contribution in [0.2, 0.25) is 0 Å². The fourth-order valence-electron chi connectivity index (χ4n) is 2.43. The summed E-state index contributed by atoms with van der Waals surface area (Å²) >= 11 is 0. The first-order chi connectivity index (χ1) is 10.2. The van der Waals surface area contributed by atoms with Crippen molar-refractivity contribution in [3.63, 3.8) is 0 Å². The first-order valence-electron chi connectivity index (χ1n) is 7.61. The number of amides is 1. The Kier molecular flexibility index (Phi) is 7.03. The summed E-state index contributed by atoms with van der Waals surface area (Å²) in [6.45, 7) is 7.24. The van der Waals surface area contributed by atoms with Crippen LogP contribution in [-0.2, 0) is 14.8 Å². The molecule has 1 aromatic carbocycles. The normalized spacial score (nSPS) is 14.4. The second-order valence-electron chi connectivity index (χ2n) is 5.82. The number of benzene rings is 1. The van der Waals surface area contributed by atoms with Crippen LogP contribution in [0.5, 0.6) is 0 Å². The molecule has 5 nitrogen and oxygen atoms in total. The van der Waals surface area contributed by atoms with Gasteiger partial charge in [-0.25, -0.2) is 13.1 Å². The smallest absolute Gasteiger partial charge is 0.221 e. The van der Waals surface area contributed by atoms with Gasteiger partial charge in [0.05, 0.1) is 5.75 Å². The highest BCUT2D eigenvalue weighted by atomic mass is 32.2. The van der Waals surface area contributed by atoms with Crippen LogP contribution in [0.25, 0.3) is 0 Å². The van der Waals surface area contributed by atoms with Gasteiger partial charge in [-0.05, 0) is 37.0 Å². The molecule has 2 atom stereocenters. The molecule has 2 N–H and O–H groups in total. The van der Waals surface area contributed by atoms with E-state index in [1.54, 1.807) is 25.1 Å². The van der Waals surface area contributed by atoms with Crippen molar-refractivity contribution in [2.24, 2.45) is 5.92 Å². The molecular formula is C16H26N2O3S. The molecule has 0 saturated heterocycles. The van der Waals surface area contributed by atoms with E-state index in [2.05, 4.69) is 10.0 Å². The van der Waals surface area contributed by atoms with Gasteiger partial charge in [0.2, 0.25) is 15.9 Å². The molecule has 0 heterocycles. The Hall–Kier alpha value is -1.40. The molecule has 1 rings (SSSR count). The maximum Gasteiger partial charge on any atom is 0.221 e. The van der Waals surface area contributed by atoms with Crippen LogP contribution < -0.4 is 10.0 Å². The van der Waals surface area contributed by atoms with Crippen LogP contribution in [-0.4, -0.2) is 20.1 Å². The minimum absolute atomic E-state index is 0.135. The Morgan fingerprint density at radius 3 is 2.55 bits per heavy atom. The van der Waals surface area contributed by atoms with Gasteiger partial charge in [0, 0.05) is 18.7 Å². The zero-order valence-corrected chi connectivity index (χ0v) is 14.5. The van der Waals surface area contributed by atoms with Crippen molar-refractivity contribution >= 4 is 21.6 Å². The van der Waals surface area contributed by atoms with E-state index in [-0.39, 0.29) is 23.6 Å². The summed E-state index contributed by atoms with van der Waals surface area (Å²) in [7, 11) is -3.32. The Morgan fingerprint density at radius 1 is 1.27 bits per heavy atom. The molecule has 0 fully saturated rings. The predicted molar refractivity (Wildman–Crippen MR) is 90.2 cm³/mol. The van der Waals surface area contributed by atoms with Gasteiger partial charge in [-0.1, -0.05) is 32.4 Å². The molecule has 22 heavy (non-hydrogen) atoms. The first kappa shape index (κ1) is 18.6. The minimum atomic E-state index is -3.32. The molecule has 1 aromatic rings. The van der Waals surface area contributed by atoms with Gasteiger partial charge in [-0.15, -0.1) is 0 Å². The summed E-state index contributed by atoms with van der Waals surface area (Å²) in [5.41, 5.74) is 1.48. The highest BCUT2D eigenvalue weighted by molar-refractivity contribution is 7.89. The van der Waals surface area contributed by atoms with Crippen molar-refractivity contribution in [1.82, 2.24) is 4.72 Å². The van der Waals surface area contributed by atoms with Gasteiger partial charge < -0.3 is 5.32 Å². The van der Waals surface area contributed by atoms with E-state index in [9.17, 15) is 13.2 Å². The second-order valence-corrected chi connectivity index (χ2v) is 7.62. The van der Waals surface area contributed by atoms with Gasteiger partial charge in [-0.3, -0.25) is 4.79 Å². The quantitative estimate of drug-likeness (QED) is 0.771. The van der Waals surface area contributed by atoms with E-state index in [1.165, 1.54) is 6.92 Å². The molecule has 0 unspecified atom stereocenters. The molecule has 0 bridgehead atoms. The lowest BCUT2D eigenvalue weighted by molar-refractivity contribution is -0.114. The minimum Gasteiger partial charge on any atom is -0.326 e. The molecule has 1 amide bonds. The Balaban J connectivity index is 2.75. The third-order valence-electron chi connectivity index (χ3n) is 3.35. The van der Waals surface area contributed by atoms with Gasteiger partial charge in [0.25, 0.3) is 0 Å². The number of hydrogen-bond acceptors (Lipinski definition) is 3. The molecule has 0 aliphatic carbocycles. The van der Waals surface area contributed by atoms with Crippen LogP contribution in [0.4, 0.5) is 5.69 Å². The van der Waals surface area contributed by atoms with E-state index in [0.29, 0.717) is 5.69 Å². The highest BCUT2D eigenvalue weighted by Gasteiger charge is 2.19. The van der Waals surface area contributed by atoms with Gasteiger partial charge >= 0.3 is 0 Å². The van der Waals surface area contributed by atoms with Crippen molar-refractivity contribution < 1.29 is 13.2 Å². The molecular weight excluding hydrogens is 300 g/mol. The zero-order valence-electron chi connectivity index (χ0n) is 13.7. The molecule has 124 valence electrons. The lowest BCUT2D eigenvalue weighted by Gasteiger charge is -2.17. The number of carbonyl (C=O) groups excluding carboxylic acids is 1. The number of carbonyl (C=O) groups is 1. The Bertz CT molecular complexity index is 599. The third kappa shape index (κ3) is 6.58. The van der Waals surface area contributed by atoms with Crippen molar-refractivity contribution in [3.05, 3.63) is 29.8 Å². The molecule has 0 spiro atoms. The lowest BCUT2D eigenvalue weighted by atomic mass is 10.1. The number of hydrogen-bond donors (Lipinski definition) is 2. The summed E-state index contributed by atoms with van der Waals surface area (Å²) in [5.74, 6) is 0.121. The van der Waals surface area contributed by atoms with Gasteiger partial charge in [0.15, 0.2) is 0 Å². The van der Waals surface area contributed by atoms with Crippen LogP contribution in [0.1, 0.15) is 52.1 Å². The van der Waals surface area contributed by atoms with Crippen LogP contribution in [0.3, 0.4) is 0 Å². The third-order valence-corrected chi connectivity index (χ3v) is 5.07. The van der Waals surface area contributed by atoms with Crippen molar-refractivity contribution in [1.29, 1.82) is 0 Å². The average molecular weight is 326 g/mol. The summed E-state index contributed by atoms with van der Waals surface area (Å²) in [5, 5.41) is 2.70. The van der Waals surface area contributed by atoms with Crippen molar-refractivity contribution in [3.8, 4) is 0 Å². The molecule has 6 heteroatoms. The molecule has 0 radical (unpaired) electrons. The fraction of sp³-hybridized carbons (Fsp3) is 0.562. The summed E-state index contributed by atoms with van der Waals surface area (Å²) in [4.78, 5) is 11.1. The van der Waals surface area contributed by atoms with Crippen molar-refractivity contribution in [2.45, 2.75) is 46.6 Å². The topological polar surface area (TPSA) is 75.3 Å². The SMILES string of the molecule is CCC[C@H](C)CS(=O)(=O)N[C@H](C)c1cccc(NC(C)=O)c1. The monoisotopic (exact) mass is 326 g/mol. The van der Waals surface area contributed by atoms with E-state index < -0.39 is 10.0 Å². The van der Waals surface area contributed by atoms with E-state index in [0.717, 1.165) is 18.4 Å². The Labute approximate surface area is 133 Å². The Morgan fingerprint density at radius 2 is 1.95 bits per heavy atom. The van der Waals surface area contributed by atoms with Crippen LogP contribution in [0, 0.1) is 5.92 Å². The van der Waals surface area contributed by atoms with Crippen LogP contribution >= 0.6 is 0 Å². The standard InChI is InChI=1S/C16H26N2O3S/c1-5-7-12(2)11-22(20,21)18-13(3)15-8-6-9-16(10-15)17-14(4)19/h6,8-10,12-13,18H,5,7,11H2,1-4H3,(H,17,19)/t12-,13+/m0/s1. The van der Waals surface area contributed by atoms with E-state index in [1.807, 2.05) is 19.9 Å². The second kappa shape index (κ2) is 8.29. The maximum atomic E-state index is 12.2. The van der Waals surface area contributed by atoms with Crippen LogP contribution in [0.15, 0.2) is 24.3 Å². The highest BCUT2D eigenvalue weighted by Crippen LogP contribution is 2.19. The van der Waals surface area contributed by atoms with Gasteiger partial charge in [0.1, 0.15) is 0 Å². The van der Waals surface area contributed by atoms with E-state index >= 15 is 0 Å². The van der Waals surface area contributed by atoms with Gasteiger partial charge in [-0.2, -0.15) is 0 Å². The van der Waals surface area contributed by atoms with Crippen molar-refractivity contribution in [2.75, 3.05) is 11.1 Å². The summed E-state index contributed by atoms with van der Waals surface area (Å²) in [6, 6.07) is 6.85. The van der Waals surface area contributed by atoms with E-state index in [4.69, 9.17) is 0 Å². The fourth-order valence-corrected chi connectivity index (χ4v) is 4.11. The molecule has 0 saturated carbocycles. The average Bonchev–Trinajstić information content (AvgIpc) is 2.37. The first-order valence-corrected chi connectivity index (χ1v) is 9.26. The molecule has 0 aliphatic rings. The zero-order chi connectivity index (χ0) is 16.8. The number of anilines is 1. The number of sulfonamides is 1. The summed E-state index contributed by atoms with van der Waals surface area (Å²) < 4.78 is 27.1. The largest absolute Gasteiger partial charge is 0.326 e. The maximum absolute atomic E-state index is 12.2. The number of nitrogens with one attached hydrogen (secondary N) is 2. The number of rotatable bonds is 8. The summed E-state index contributed by atoms with van der Waals surface area (Å²) in [6.07, 6.45) is 1.87. The molecule has 0 aliphatic heterocycles. The lowest BCUT2D eigenvalue weighted by Crippen LogP contribution is -2.31. The predicted octanol–water partition coefficient (Wildman–Crippen LogP) is 3.06.